The second kappa shape index (κ2) is 13.6. The second-order valence-electron chi connectivity index (χ2n) is 13.6. The maximum Gasteiger partial charge on any atom is 0.220 e. The molecule has 0 radical (unpaired) electrons. The van der Waals surface area contributed by atoms with Gasteiger partial charge in [-0.3, -0.25) is 9.78 Å². The number of carbonyl (C=O) groups is 1. The second-order valence-corrected chi connectivity index (χ2v) is 13.6. The van der Waals surface area contributed by atoms with Gasteiger partial charge in [-0.05, 0) is 92.6 Å². The number of ether oxygens (including phenoxy) is 1. The number of aromatic nitrogens is 4. The van der Waals surface area contributed by atoms with E-state index in [4.69, 9.17) is 14.7 Å². The predicted octanol–water partition coefficient (Wildman–Crippen LogP) is 4.59. The van der Waals surface area contributed by atoms with Gasteiger partial charge in [0.1, 0.15) is 24.4 Å². The van der Waals surface area contributed by atoms with Crippen molar-refractivity contribution in [1.82, 2.24) is 25.3 Å². The van der Waals surface area contributed by atoms with Gasteiger partial charge >= 0.3 is 0 Å². The lowest BCUT2D eigenvalue weighted by Crippen LogP contribution is -2.64. The lowest BCUT2D eigenvalue weighted by atomic mass is 9.85. The van der Waals surface area contributed by atoms with Gasteiger partial charge in [0.05, 0.1) is 18.0 Å². The highest BCUT2D eigenvalue weighted by atomic mass is 16.6. The minimum atomic E-state index is -1.58. The average Bonchev–Trinajstić information content (AvgIpc) is 3.78. The molecule has 11 nitrogen and oxygen atoms in total. The summed E-state index contributed by atoms with van der Waals surface area (Å²) in [4.78, 5) is 30.8. The Morgan fingerprint density at radius 1 is 0.980 bits per heavy atom. The van der Waals surface area contributed by atoms with Crippen molar-refractivity contribution in [2.45, 2.75) is 103 Å². The number of nitrogens with zero attached hydrogens (tertiary/aromatic N) is 2. The molecule has 7 N–H and O–H groups in total. The zero-order valence-corrected chi connectivity index (χ0v) is 29.0. The van der Waals surface area contributed by atoms with Crippen molar-refractivity contribution in [3.63, 3.8) is 0 Å². The molecule has 3 aromatic rings. The van der Waals surface area contributed by atoms with Crippen LogP contribution in [0.1, 0.15) is 96.0 Å². The number of aliphatic hydroxyl groups is 4. The summed E-state index contributed by atoms with van der Waals surface area (Å²) in [6.07, 6.45) is -0.361. The largest absolute Gasteiger partial charge is 0.394 e. The molecule has 260 valence electrons. The van der Waals surface area contributed by atoms with Crippen LogP contribution in [-0.4, -0.2) is 83.5 Å². The van der Waals surface area contributed by atoms with Gasteiger partial charge in [-0.15, -0.1) is 0 Å². The van der Waals surface area contributed by atoms with Crippen LogP contribution in [0.25, 0.3) is 39.8 Å². The summed E-state index contributed by atoms with van der Waals surface area (Å²) in [6, 6.07) is 5.10. The maximum atomic E-state index is 13.2. The van der Waals surface area contributed by atoms with E-state index in [1.807, 2.05) is 13.0 Å². The van der Waals surface area contributed by atoms with Crippen LogP contribution in [0.15, 0.2) is 24.8 Å². The Morgan fingerprint density at radius 3 is 2.39 bits per heavy atom. The van der Waals surface area contributed by atoms with Gasteiger partial charge < -0.3 is 40.4 Å². The molecule has 3 aliphatic heterocycles. The number of rotatable bonds is 7. The van der Waals surface area contributed by atoms with Gasteiger partial charge in [0.15, 0.2) is 6.29 Å². The molecule has 6 rings (SSSR count). The average molecular weight is 670 g/mol. The number of fused-ring (bicyclic) bond motifs is 8. The monoisotopic (exact) mass is 669 g/mol. The van der Waals surface area contributed by atoms with E-state index < -0.39 is 43.2 Å². The van der Waals surface area contributed by atoms with E-state index in [0.717, 1.165) is 73.5 Å². The van der Waals surface area contributed by atoms with Crippen molar-refractivity contribution in [2.24, 2.45) is 0 Å². The fourth-order valence-electron chi connectivity index (χ4n) is 7.48. The number of amides is 1. The van der Waals surface area contributed by atoms with E-state index in [1.54, 1.807) is 0 Å². The highest BCUT2D eigenvalue weighted by molar-refractivity contribution is 5.86. The number of allylic oxidation sites excluding steroid dienone is 1. The molecule has 3 aliphatic rings. The topological polar surface area (TPSA) is 177 Å². The van der Waals surface area contributed by atoms with Crippen LogP contribution < -0.4 is 5.32 Å². The van der Waals surface area contributed by atoms with Crippen molar-refractivity contribution < 1.29 is 30.0 Å². The zero-order chi connectivity index (χ0) is 35.3. The number of carbonyl (C=O) groups excluding carboxylic acids is 1. The van der Waals surface area contributed by atoms with Crippen LogP contribution in [0.3, 0.4) is 0 Å². The SMILES string of the molecule is C=Cc1c(C)c2cc3nc(c(C)c4nc(cc5[nH]c(cc1[nH]2)c(C)c5CC)C(C)=C4)[C@@H](CCC(=O)N[C@H]1C(O)O[C@H](CO)[C@H](O)[C@@H]1O)[C@@H]3C. The van der Waals surface area contributed by atoms with Crippen molar-refractivity contribution in [2.75, 3.05) is 6.61 Å². The van der Waals surface area contributed by atoms with Crippen LogP contribution in [0.4, 0.5) is 0 Å². The predicted molar refractivity (Wildman–Crippen MR) is 191 cm³/mol. The highest BCUT2D eigenvalue weighted by Crippen LogP contribution is 2.42. The van der Waals surface area contributed by atoms with Gasteiger partial charge in [-0.25, -0.2) is 4.98 Å². The molecule has 7 atom stereocenters. The molecule has 0 aliphatic carbocycles. The lowest BCUT2D eigenvalue weighted by molar-refractivity contribution is -0.253. The van der Waals surface area contributed by atoms with Crippen LogP contribution in [-0.2, 0) is 16.0 Å². The molecule has 1 saturated heterocycles. The minimum Gasteiger partial charge on any atom is -0.394 e. The number of hydrogen-bond acceptors (Lipinski definition) is 8. The van der Waals surface area contributed by atoms with Gasteiger partial charge in [-0.2, -0.15) is 0 Å². The van der Waals surface area contributed by atoms with Gasteiger partial charge in [0.2, 0.25) is 5.91 Å². The van der Waals surface area contributed by atoms with Crippen LogP contribution >= 0.6 is 0 Å². The highest BCUT2D eigenvalue weighted by Gasteiger charge is 2.44. The summed E-state index contributed by atoms with van der Waals surface area (Å²) in [5.74, 6) is -0.582. The third-order valence-corrected chi connectivity index (χ3v) is 10.6. The summed E-state index contributed by atoms with van der Waals surface area (Å²) >= 11 is 0. The van der Waals surface area contributed by atoms with Gasteiger partial charge in [0.25, 0.3) is 0 Å². The first-order chi connectivity index (χ1) is 23.4. The number of aryl methyl sites for hydroxylation is 3. The van der Waals surface area contributed by atoms with E-state index in [9.17, 15) is 25.2 Å². The first-order valence-corrected chi connectivity index (χ1v) is 17.0. The molecule has 0 saturated carbocycles. The van der Waals surface area contributed by atoms with Crippen molar-refractivity contribution >= 4 is 45.7 Å². The van der Waals surface area contributed by atoms with Crippen molar-refractivity contribution in [1.29, 1.82) is 0 Å². The van der Waals surface area contributed by atoms with Crippen LogP contribution in [0.5, 0.6) is 0 Å². The smallest absolute Gasteiger partial charge is 0.220 e. The molecular weight excluding hydrogens is 622 g/mol. The van der Waals surface area contributed by atoms with E-state index in [0.29, 0.717) is 6.42 Å². The van der Waals surface area contributed by atoms with Crippen LogP contribution in [0.2, 0.25) is 0 Å². The minimum absolute atomic E-state index is 0.0425. The Morgan fingerprint density at radius 2 is 1.69 bits per heavy atom. The summed E-state index contributed by atoms with van der Waals surface area (Å²) in [6.45, 7) is 16.1. The van der Waals surface area contributed by atoms with Gasteiger partial charge in [0, 0.05) is 57.3 Å². The number of hydrogen-bond donors (Lipinski definition) is 7. The third-order valence-electron chi connectivity index (χ3n) is 10.6. The Balaban J connectivity index is 1.44. The van der Waals surface area contributed by atoms with Gasteiger partial charge in [-0.1, -0.05) is 26.5 Å². The zero-order valence-electron chi connectivity index (χ0n) is 29.0. The Bertz CT molecular complexity index is 1990. The summed E-state index contributed by atoms with van der Waals surface area (Å²) in [5, 5.41) is 43.2. The third kappa shape index (κ3) is 6.26. The van der Waals surface area contributed by atoms with E-state index >= 15 is 0 Å². The number of H-pyrrole nitrogens is 2. The molecule has 0 spiro atoms. The lowest BCUT2D eigenvalue weighted by Gasteiger charge is -2.40. The van der Waals surface area contributed by atoms with Crippen molar-refractivity contribution in [3.8, 4) is 0 Å². The number of aromatic amines is 2. The molecular formula is C38H47N5O6. The molecule has 6 heterocycles. The first kappa shape index (κ1) is 34.7. The summed E-state index contributed by atoms with van der Waals surface area (Å²) in [5.41, 5.74) is 13.9. The fourth-order valence-corrected chi connectivity index (χ4v) is 7.48. The van der Waals surface area contributed by atoms with E-state index in [1.165, 1.54) is 11.1 Å². The molecule has 1 amide bonds. The quantitative estimate of drug-likeness (QED) is 0.191. The molecule has 3 aromatic heterocycles. The number of nitrogens with one attached hydrogen (secondary N) is 3. The van der Waals surface area contributed by atoms with E-state index in [-0.39, 0.29) is 18.3 Å². The number of aliphatic hydroxyl groups excluding tert-OH is 4. The first-order valence-electron chi connectivity index (χ1n) is 17.0. The Kier molecular flexibility index (Phi) is 9.67. The summed E-state index contributed by atoms with van der Waals surface area (Å²) < 4.78 is 5.22. The molecule has 0 aromatic carbocycles. The van der Waals surface area contributed by atoms with Crippen LogP contribution in [0, 0.1) is 20.8 Å². The molecule has 1 fully saturated rings. The van der Waals surface area contributed by atoms with Crippen molar-refractivity contribution in [3.05, 3.63) is 75.4 Å². The molecule has 11 heteroatoms. The Labute approximate surface area is 285 Å². The molecule has 8 bridgehead atoms. The normalized spacial score (nSPS) is 25.3. The maximum absolute atomic E-state index is 13.2. The molecule has 49 heavy (non-hydrogen) atoms. The fraction of sp³-hybridized carbons (Fsp3) is 0.447. The standard InChI is InChI=1S/C38H47N5O6/c1-8-22-19(5)28-15-31-23(9-2)18(4)27(40-31)14-29-20(6)24(10-11-33(45)43-35-37(47)36(46)32(16-44)49-38(35)48)34(42-29)21(7)26-12-17(3)25(39-26)13-30(22)41-28/h9,12-15,20,24,32,35-38,40-41,44,46-48H,2,8,10-11,16H2,1,3-7H3,(H,43,45)/t20-,24-,32+,35+,36-,37+,38?/m0/s1. The summed E-state index contributed by atoms with van der Waals surface area (Å²) in [7, 11) is 0. The van der Waals surface area contributed by atoms with E-state index in [2.05, 4.69) is 80.8 Å². The molecule has 1 unspecified atom stereocenters. The Hall–Kier alpha value is -4.13.